The fraction of sp³-hybridized carbons (Fsp3) is 0. The third kappa shape index (κ3) is 2.58. The van der Waals surface area contributed by atoms with Crippen molar-refractivity contribution in [3.8, 4) is 0 Å². The van der Waals surface area contributed by atoms with Gasteiger partial charge >= 0.3 is 5.97 Å². The largest absolute Gasteiger partial charge is 0.478 e. The number of carboxylic acids is 1. The highest BCUT2D eigenvalue weighted by molar-refractivity contribution is 6.37. The summed E-state index contributed by atoms with van der Waals surface area (Å²) in [4.78, 5) is 64.5. The number of hydrogen-bond donors (Lipinski definition) is 1. The van der Waals surface area contributed by atoms with Gasteiger partial charge in [0.05, 0.1) is 39.2 Å². The fourth-order valence-corrected chi connectivity index (χ4v) is 3.79. The van der Waals surface area contributed by atoms with Crippen LogP contribution >= 0.6 is 0 Å². The van der Waals surface area contributed by atoms with E-state index in [9.17, 15) is 24.0 Å². The molecule has 0 aliphatic carbocycles. The Balaban J connectivity index is 1.55. The van der Waals surface area contributed by atoms with Crippen molar-refractivity contribution in [1.29, 1.82) is 0 Å². The lowest BCUT2D eigenvalue weighted by atomic mass is 10.1. The number of para-hydroxylation sites is 1. The summed E-state index contributed by atoms with van der Waals surface area (Å²) in [6, 6.07) is 16.3. The third-order valence-electron chi connectivity index (χ3n) is 5.28. The maximum absolute atomic E-state index is 12.9. The second kappa shape index (κ2) is 6.46. The molecule has 31 heavy (non-hydrogen) atoms. The molecule has 2 aliphatic rings. The van der Waals surface area contributed by atoms with Crippen molar-refractivity contribution in [1.82, 2.24) is 0 Å². The van der Waals surface area contributed by atoms with Gasteiger partial charge in [-0.2, -0.15) is 0 Å². The first-order valence-corrected chi connectivity index (χ1v) is 9.22. The lowest BCUT2D eigenvalue weighted by molar-refractivity contribution is 0.0695. The summed E-state index contributed by atoms with van der Waals surface area (Å²) in [6.45, 7) is 0. The molecule has 5 rings (SSSR count). The molecular formula is C23H12N2O6. The van der Waals surface area contributed by atoms with Crippen molar-refractivity contribution < 1.29 is 29.1 Å². The maximum Gasteiger partial charge on any atom is 0.335 e. The Hall–Kier alpha value is -4.59. The first-order chi connectivity index (χ1) is 14.9. The second-order valence-corrected chi connectivity index (χ2v) is 7.02. The minimum atomic E-state index is -1.22. The standard InChI is InChI=1S/C23H12N2O6/c26-19-16-9-7-14(11-18(16)22(29)24(19)13-4-2-1-3-5-13)25-20(27)15-8-6-12(23(30)31)10-17(15)21(25)28/h1-11H,(H,30,31). The van der Waals surface area contributed by atoms with E-state index >= 15 is 0 Å². The number of hydrogen-bond acceptors (Lipinski definition) is 5. The monoisotopic (exact) mass is 412 g/mol. The van der Waals surface area contributed by atoms with E-state index in [1.807, 2.05) is 0 Å². The number of aromatic carboxylic acids is 1. The van der Waals surface area contributed by atoms with Gasteiger partial charge in [-0.3, -0.25) is 19.2 Å². The number of imide groups is 2. The van der Waals surface area contributed by atoms with Crippen LogP contribution in [0.1, 0.15) is 51.8 Å². The smallest absolute Gasteiger partial charge is 0.335 e. The number of rotatable bonds is 3. The zero-order chi connectivity index (χ0) is 21.9. The summed E-state index contributed by atoms with van der Waals surface area (Å²) in [7, 11) is 0. The van der Waals surface area contributed by atoms with Gasteiger partial charge in [0.2, 0.25) is 0 Å². The van der Waals surface area contributed by atoms with Crippen LogP contribution in [0.3, 0.4) is 0 Å². The molecule has 3 aromatic rings. The van der Waals surface area contributed by atoms with Gasteiger partial charge in [0.25, 0.3) is 23.6 Å². The Morgan fingerprint density at radius 2 is 1.10 bits per heavy atom. The minimum Gasteiger partial charge on any atom is -0.478 e. The zero-order valence-corrected chi connectivity index (χ0v) is 15.7. The van der Waals surface area contributed by atoms with E-state index in [-0.39, 0.29) is 33.5 Å². The molecule has 8 nitrogen and oxygen atoms in total. The maximum atomic E-state index is 12.9. The molecule has 0 bridgehead atoms. The molecular weight excluding hydrogens is 400 g/mol. The van der Waals surface area contributed by atoms with E-state index in [0.29, 0.717) is 5.69 Å². The summed E-state index contributed by atoms with van der Waals surface area (Å²) in [6.07, 6.45) is 0. The Bertz CT molecular complexity index is 1350. The average molecular weight is 412 g/mol. The van der Waals surface area contributed by atoms with Crippen LogP contribution in [0.25, 0.3) is 0 Å². The van der Waals surface area contributed by atoms with Crippen LogP contribution in [0, 0.1) is 0 Å². The summed E-state index contributed by atoms with van der Waals surface area (Å²) in [5.41, 5.74) is 0.712. The molecule has 2 aliphatic heterocycles. The van der Waals surface area contributed by atoms with Crippen molar-refractivity contribution in [2.45, 2.75) is 0 Å². The van der Waals surface area contributed by atoms with Crippen molar-refractivity contribution in [3.63, 3.8) is 0 Å². The Morgan fingerprint density at radius 1 is 0.581 bits per heavy atom. The molecule has 0 unspecified atom stereocenters. The summed E-state index contributed by atoms with van der Waals surface area (Å²) in [5, 5.41) is 9.15. The topological polar surface area (TPSA) is 112 Å². The molecule has 2 heterocycles. The van der Waals surface area contributed by atoms with Gasteiger partial charge in [-0.25, -0.2) is 14.6 Å². The van der Waals surface area contributed by atoms with Gasteiger partial charge in [0, 0.05) is 0 Å². The van der Waals surface area contributed by atoms with Gasteiger partial charge in [-0.15, -0.1) is 0 Å². The Labute approximate surface area is 174 Å². The number of nitrogens with zero attached hydrogens (tertiary/aromatic N) is 2. The molecule has 0 fully saturated rings. The number of carbonyl (C=O) groups is 5. The third-order valence-corrected chi connectivity index (χ3v) is 5.28. The second-order valence-electron chi connectivity index (χ2n) is 7.02. The predicted octanol–water partition coefficient (Wildman–Crippen LogP) is 2.99. The fourth-order valence-electron chi connectivity index (χ4n) is 3.79. The number of benzene rings is 3. The van der Waals surface area contributed by atoms with Gasteiger partial charge in [0.1, 0.15) is 0 Å². The molecule has 1 N–H and O–H groups in total. The van der Waals surface area contributed by atoms with Crippen LogP contribution in [0.2, 0.25) is 0 Å². The number of fused-ring (bicyclic) bond motifs is 2. The molecule has 0 aromatic heterocycles. The van der Waals surface area contributed by atoms with Crippen molar-refractivity contribution in [2.24, 2.45) is 0 Å². The molecule has 0 spiro atoms. The minimum absolute atomic E-state index is 0.0290. The zero-order valence-electron chi connectivity index (χ0n) is 15.7. The van der Waals surface area contributed by atoms with Gasteiger partial charge in [0.15, 0.2) is 0 Å². The number of carboxylic acid groups (broad SMARTS) is 1. The lowest BCUT2D eigenvalue weighted by Gasteiger charge is -2.14. The highest BCUT2D eigenvalue weighted by Gasteiger charge is 2.40. The molecule has 0 saturated carbocycles. The van der Waals surface area contributed by atoms with E-state index in [1.165, 1.54) is 30.3 Å². The van der Waals surface area contributed by atoms with E-state index in [4.69, 9.17) is 5.11 Å². The van der Waals surface area contributed by atoms with Gasteiger partial charge in [-0.1, -0.05) is 18.2 Å². The molecule has 0 radical (unpaired) electrons. The molecule has 8 heteroatoms. The van der Waals surface area contributed by atoms with Gasteiger partial charge < -0.3 is 5.11 Å². The quantitative estimate of drug-likeness (QED) is 0.662. The molecule has 3 aromatic carbocycles. The van der Waals surface area contributed by atoms with Crippen LogP contribution in [0.15, 0.2) is 66.7 Å². The molecule has 0 saturated heterocycles. The van der Waals surface area contributed by atoms with Crippen LogP contribution in [-0.2, 0) is 0 Å². The highest BCUT2D eigenvalue weighted by atomic mass is 16.4. The Kier molecular flexibility index (Phi) is 3.84. The van der Waals surface area contributed by atoms with Crippen molar-refractivity contribution >= 4 is 41.0 Å². The highest BCUT2D eigenvalue weighted by Crippen LogP contribution is 2.34. The predicted molar refractivity (Wildman–Crippen MR) is 109 cm³/mol. The Morgan fingerprint density at radius 3 is 1.71 bits per heavy atom. The van der Waals surface area contributed by atoms with Crippen molar-refractivity contribution in [3.05, 3.63) is 94.5 Å². The average Bonchev–Trinajstić information content (AvgIpc) is 3.18. The first kappa shape index (κ1) is 18.4. The molecule has 150 valence electrons. The van der Waals surface area contributed by atoms with Crippen LogP contribution in [0.5, 0.6) is 0 Å². The first-order valence-electron chi connectivity index (χ1n) is 9.22. The summed E-state index contributed by atoms with van der Waals surface area (Å²) in [5.74, 6) is -3.60. The lowest BCUT2D eigenvalue weighted by Crippen LogP contribution is -2.30. The summed E-state index contributed by atoms with van der Waals surface area (Å²) >= 11 is 0. The van der Waals surface area contributed by atoms with E-state index in [2.05, 4.69) is 0 Å². The van der Waals surface area contributed by atoms with E-state index in [1.54, 1.807) is 30.3 Å². The number of amides is 4. The number of carbonyl (C=O) groups excluding carboxylic acids is 4. The van der Waals surface area contributed by atoms with E-state index in [0.717, 1.165) is 15.9 Å². The summed E-state index contributed by atoms with van der Waals surface area (Å²) < 4.78 is 0. The molecule has 0 atom stereocenters. The van der Waals surface area contributed by atoms with Gasteiger partial charge in [-0.05, 0) is 48.5 Å². The van der Waals surface area contributed by atoms with Crippen molar-refractivity contribution in [2.75, 3.05) is 9.80 Å². The van der Waals surface area contributed by atoms with Crippen LogP contribution < -0.4 is 9.80 Å². The normalized spacial score (nSPS) is 14.8. The molecule has 4 amide bonds. The van der Waals surface area contributed by atoms with Crippen LogP contribution in [0.4, 0.5) is 11.4 Å². The van der Waals surface area contributed by atoms with E-state index < -0.39 is 29.6 Å². The van der Waals surface area contributed by atoms with Crippen LogP contribution in [-0.4, -0.2) is 34.7 Å². The number of anilines is 2. The SMILES string of the molecule is O=C(O)c1ccc2c(c1)C(=O)N(c1ccc3c(c1)C(=O)N(c1ccccc1)C3=O)C2=O.